The van der Waals surface area contributed by atoms with Crippen molar-refractivity contribution in [1.82, 2.24) is 10.3 Å². The minimum Gasteiger partial charge on any atom is -0.475 e. The number of nitrogens with zero attached hydrogens (tertiary/aromatic N) is 1. The number of aromatic nitrogens is 1. The van der Waals surface area contributed by atoms with Crippen molar-refractivity contribution in [1.29, 1.82) is 0 Å². The van der Waals surface area contributed by atoms with Gasteiger partial charge >= 0.3 is 6.03 Å². The van der Waals surface area contributed by atoms with Crippen LogP contribution in [0.25, 0.3) is 0 Å². The quantitative estimate of drug-likeness (QED) is 0.734. The van der Waals surface area contributed by atoms with Crippen LogP contribution in [0.15, 0.2) is 48.7 Å². The molecule has 1 heterocycles. The average Bonchev–Trinajstić information content (AvgIpc) is 2.61. The number of carbonyl (C=O) groups is 1. The Morgan fingerprint density at radius 3 is 2.42 bits per heavy atom. The van der Waals surface area contributed by atoms with Gasteiger partial charge in [-0.2, -0.15) is 0 Å². The van der Waals surface area contributed by atoms with Gasteiger partial charge in [-0.15, -0.1) is 0 Å². The Balaban J connectivity index is 1.97. The minimum atomic E-state index is -0.274. The number of rotatable bonds is 7. The van der Waals surface area contributed by atoms with E-state index in [2.05, 4.69) is 36.4 Å². The van der Waals surface area contributed by atoms with Crippen LogP contribution in [0.1, 0.15) is 32.4 Å². The molecule has 2 amide bonds. The second-order valence-electron chi connectivity index (χ2n) is 7.03. The predicted molar refractivity (Wildman–Crippen MR) is 102 cm³/mol. The van der Waals surface area contributed by atoms with Gasteiger partial charge in [0.15, 0.2) is 0 Å². The van der Waals surface area contributed by atoms with E-state index in [-0.39, 0.29) is 17.5 Å². The van der Waals surface area contributed by atoms with Crippen molar-refractivity contribution in [2.24, 2.45) is 5.41 Å². The first-order valence-electron chi connectivity index (χ1n) is 8.60. The fourth-order valence-corrected chi connectivity index (χ4v) is 2.51. The summed E-state index contributed by atoms with van der Waals surface area (Å²) in [5, 5.41) is 5.87. The Morgan fingerprint density at radius 1 is 1.12 bits per heavy atom. The van der Waals surface area contributed by atoms with E-state index in [1.165, 1.54) is 0 Å². The lowest BCUT2D eigenvalue weighted by Gasteiger charge is -2.32. The maximum atomic E-state index is 12.4. The van der Waals surface area contributed by atoms with Crippen LogP contribution in [-0.4, -0.2) is 31.3 Å². The number of carbonyl (C=O) groups excluding carboxylic acids is 1. The lowest BCUT2D eigenvalue weighted by atomic mass is 9.82. The average molecular weight is 357 g/mol. The molecule has 6 nitrogen and oxygen atoms in total. The van der Waals surface area contributed by atoms with Crippen LogP contribution in [0.5, 0.6) is 5.88 Å². The molecule has 0 aliphatic heterocycles. The first-order valence-corrected chi connectivity index (χ1v) is 8.60. The molecule has 1 atom stereocenters. The fraction of sp³-hybridized carbons (Fsp3) is 0.400. The van der Waals surface area contributed by atoms with E-state index in [0.717, 1.165) is 5.56 Å². The van der Waals surface area contributed by atoms with Gasteiger partial charge in [-0.1, -0.05) is 51.1 Å². The van der Waals surface area contributed by atoms with E-state index in [9.17, 15) is 4.79 Å². The maximum Gasteiger partial charge on any atom is 0.319 e. The Morgan fingerprint density at radius 2 is 1.85 bits per heavy atom. The molecule has 0 saturated carbocycles. The van der Waals surface area contributed by atoms with Crippen LogP contribution in [0.2, 0.25) is 0 Å². The maximum absolute atomic E-state index is 12.4. The smallest absolute Gasteiger partial charge is 0.319 e. The highest BCUT2D eigenvalue weighted by Gasteiger charge is 2.27. The van der Waals surface area contributed by atoms with Crippen molar-refractivity contribution in [3.8, 4) is 5.88 Å². The third kappa shape index (κ3) is 6.04. The van der Waals surface area contributed by atoms with Gasteiger partial charge in [0.1, 0.15) is 6.61 Å². The SMILES string of the molecule is COCCOc1ccc(NC(=O)NC(c2ccccc2)C(C)(C)C)cn1. The van der Waals surface area contributed by atoms with Crippen LogP contribution in [0.4, 0.5) is 10.5 Å². The van der Waals surface area contributed by atoms with Crippen molar-refractivity contribution in [3.05, 3.63) is 54.2 Å². The molecule has 1 aromatic heterocycles. The third-order valence-electron chi connectivity index (χ3n) is 3.81. The Labute approximate surface area is 154 Å². The molecule has 0 saturated heterocycles. The molecule has 0 fully saturated rings. The van der Waals surface area contributed by atoms with E-state index in [1.807, 2.05) is 30.3 Å². The summed E-state index contributed by atoms with van der Waals surface area (Å²) in [7, 11) is 1.61. The summed E-state index contributed by atoms with van der Waals surface area (Å²) in [4.78, 5) is 16.6. The topological polar surface area (TPSA) is 72.5 Å². The second kappa shape index (κ2) is 9.20. The number of urea groups is 1. The summed E-state index contributed by atoms with van der Waals surface area (Å²) >= 11 is 0. The lowest BCUT2D eigenvalue weighted by Crippen LogP contribution is -2.39. The van der Waals surface area contributed by atoms with E-state index in [1.54, 1.807) is 25.4 Å². The number of ether oxygens (including phenoxy) is 2. The molecule has 26 heavy (non-hydrogen) atoms. The first kappa shape index (κ1) is 19.7. The number of nitrogens with one attached hydrogen (secondary N) is 2. The largest absolute Gasteiger partial charge is 0.475 e. The van der Waals surface area contributed by atoms with E-state index in [4.69, 9.17) is 9.47 Å². The third-order valence-corrected chi connectivity index (χ3v) is 3.81. The van der Waals surface area contributed by atoms with E-state index < -0.39 is 0 Å². The zero-order valence-electron chi connectivity index (χ0n) is 15.8. The van der Waals surface area contributed by atoms with Crippen LogP contribution in [-0.2, 0) is 4.74 Å². The molecule has 6 heteroatoms. The summed E-state index contributed by atoms with van der Waals surface area (Å²) in [6, 6.07) is 13.0. The zero-order valence-corrected chi connectivity index (χ0v) is 15.8. The highest BCUT2D eigenvalue weighted by atomic mass is 16.5. The van der Waals surface area contributed by atoms with E-state index in [0.29, 0.717) is 24.8 Å². The molecule has 0 radical (unpaired) electrons. The van der Waals surface area contributed by atoms with Gasteiger partial charge in [-0.05, 0) is 17.0 Å². The number of hydrogen-bond donors (Lipinski definition) is 2. The van der Waals surface area contributed by atoms with Gasteiger partial charge in [0.05, 0.1) is 24.5 Å². The highest BCUT2D eigenvalue weighted by Crippen LogP contribution is 2.32. The molecule has 0 aliphatic rings. The number of hydrogen-bond acceptors (Lipinski definition) is 4. The molecular weight excluding hydrogens is 330 g/mol. The van der Waals surface area contributed by atoms with Crippen molar-refractivity contribution in [2.45, 2.75) is 26.8 Å². The van der Waals surface area contributed by atoms with Crippen molar-refractivity contribution < 1.29 is 14.3 Å². The predicted octanol–water partition coefficient (Wildman–Crippen LogP) is 4.02. The van der Waals surface area contributed by atoms with Crippen LogP contribution >= 0.6 is 0 Å². The molecule has 2 N–H and O–H groups in total. The van der Waals surface area contributed by atoms with Crippen molar-refractivity contribution in [3.63, 3.8) is 0 Å². The van der Waals surface area contributed by atoms with Gasteiger partial charge in [-0.3, -0.25) is 0 Å². The molecule has 0 spiro atoms. The summed E-state index contributed by atoms with van der Waals surface area (Å²) in [5.74, 6) is 0.491. The lowest BCUT2D eigenvalue weighted by molar-refractivity contribution is 0.144. The number of amides is 2. The number of methoxy groups -OCH3 is 1. The zero-order chi connectivity index (χ0) is 19.0. The number of pyridine rings is 1. The van der Waals surface area contributed by atoms with Gasteiger partial charge in [0, 0.05) is 13.2 Å². The van der Waals surface area contributed by atoms with Gasteiger partial charge in [-0.25, -0.2) is 9.78 Å². The van der Waals surface area contributed by atoms with Crippen LogP contribution in [0.3, 0.4) is 0 Å². The number of benzene rings is 1. The van der Waals surface area contributed by atoms with Crippen molar-refractivity contribution >= 4 is 11.7 Å². The monoisotopic (exact) mass is 357 g/mol. The van der Waals surface area contributed by atoms with Crippen LogP contribution < -0.4 is 15.4 Å². The molecule has 2 aromatic rings. The molecule has 0 aliphatic carbocycles. The van der Waals surface area contributed by atoms with E-state index >= 15 is 0 Å². The first-order chi connectivity index (χ1) is 12.4. The summed E-state index contributed by atoms with van der Waals surface area (Å²) in [6.45, 7) is 7.22. The highest BCUT2D eigenvalue weighted by molar-refractivity contribution is 5.89. The Bertz CT molecular complexity index is 682. The van der Waals surface area contributed by atoms with Gasteiger partial charge in [0.2, 0.25) is 5.88 Å². The summed E-state index contributed by atoms with van der Waals surface area (Å²) in [5.41, 5.74) is 1.54. The second-order valence-corrected chi connectivity index (χ2v) is 7.03. The van der Waals surface area contributed by atoms with Crippen molar-refractivity contribution in [2.75, 3.05) is 25.6 Å². The van der Waals surface area contributed by atoms with Crippen LogP contribution in [0, 0.1) is 5.41 Å². The molecule has 0 bridgehead atoms. The van der Waals surface area contributed by atoms with Gasteiger partial charge < -0.3 is 20.1 Å². The summed E-state index contributed by atoms with van der Waals surface area (Å²) < 4.78 is 10.3. The summed E-state index contributed by atoms with van der Waals surface area (Å²) in [6.07, 6.45) is 1.57. The van der Waals surface area contributed by atoms with Gasteiger partial charge in [0.25, 0.3) is 0 Å². The molecule has 1 unspecified atom stereocenters. The molecule has 140 valence electrons. The number of anilines is 1. The molecule has 1 aromatic carbocycles. The minimum absolute atomic E-state index is 0.117. The standard InChI is InChI=1S/C20H27N3O3/c1-20(2,3)18(15-8-6-5-7-9-15)23-19(24)22-16-10-11-17(21-14-16)26-13-12-25-4/h5-11,14,18H,12-13H2,1-4H3,(H2,22,23,24). The molecule has 2 rings (SSSR count). The normalized spacial score (nSPS) is 12.3. The Kier molecular flexibility index (Phi) is 6.97. The molecular formula is C20H27N3O3. The Hall–Kier alpha value is -2.60. The fourth-order valence-electron chi connectivity index (χ4n) is 2.51.